The number of carbonyl (C=O) groups excluding carboxylic acids is 1. The zero-order valence-corrected chi connectivity index (χ0v) is 21.4. The highest BCUT2D eigenvalue weighted by molar-refractivity contribution is 8.26. The molecule has 174 valence electrons. The normalized spacial score (nSPS) is 14.7. The topological polar surface area (TPSA) is 38.8 Å². The van der Waals surface area contributed by atoms with E-state index in [1.165, 1.54) is 11.8 Å². The van der Waals surface area contributed by atoms with E-state index in [4.69, 9.17) is 44.9 Å². The summed E-state index contributed by atoms with van der Waals surface area (Å²) in [6.45, 7) is 3.15. The van der Waals surface area contributed by atoms with Crippen molar-refractivity contribution in [3.63, 3.8) is 0 Å². The molecule has 4 nitrogen and oxygen atoms in total. The molecule has 4 rings (SSSR count). The monoisotopic (exact) mass is 529 g/mol. The predicted octanol–water partition coefficient (Wildman–Crippen LogP) is 7.37. The van der Waals surface area contributed by atoms with Crippen LogP contribution in [0.4, 0.5) is 0 Å². The zero-order valence-electron chi connectivity index (χ0n) is 18.3. The van der Waals surface area contributed by atoms with E-state index in [-0.39, 0.29) is 5.91 Å². The van der Waals surface area contributed by atoms with Crippen molar-refractivity contribution in [3.8, 4) is 11.5 Å². The number of benzene rings is 3. The van der Waals surface area contributed by atoms with Crippen molar-refractivity contribution in [2.24, 2.45) is 0 Å². The summed E-state index contributed by atoms with van der Waals surface area (Å²) in [4.78, 5) is 15.2. The number of hydrogen-bond donors (Lipinski definition) is 0. The minimum absolute atomic E-state index is 0.100. The van der Waals surface area contributed by atoms with Crippen molar-refractivity contribution in [2.45, 2.75) is 20.1 Å². The number of thiocarbonyl (C=S) groups is 1. The van der Waals surface area contributed by atoms with Gasteiger partial charge < -0.3 is 9.47 Å². The van der Waals surface area contributed by atoms with Crippen LogP contribution in [0.5, 0.6) is 11.5 Å². The van der Waals surface area contributed by atoms with Gasteiger partial charge in [-0.2, -0.15) is 0 Å². The zero-order chi connectivity index (χ0) is 24.1. The molecule has 0 saturated carbocycles. The Bertz CT molecular complexity index is 1250. The fraction of sp³-hybridized carbons (Fsp3) is 0.154. The molecule has 0 N–H and O–H groups in total. The van der Waals surface area contributed by atoms with E-state index in [2.05, 4.69) is 0 Å². The molecule has 8 heteroatoms. The quantitative estimate of drug-likeness (QED) is 0.225. The second-order valence-corrected chi connectivity index (χ2v) is 9.92. The van der Waals surface area contributed by atoms with Gasteiger partial charge in [0.05, 0.1) is 28.1 Å². The number of ether oxygens (including phenoxy) is 2. The van der Waals surface area contributed by atoms with Gasteiger partial charge in [0.15, 0.2) is 11.5 Å². The Morgan fingerprint density at radius 3 is 2.47 bits per heavy atom. The first-order chi connectivity index (χ1) is 16.4. The molecular weight excluding hydrogens is 509 g/mol. The number of hydrogen-bond acceptors (Lipinski definition) is 5. The molecule has 0 aliphatic carbocycles. The average Bonchev–Trinajstić information content (AvgIpc) is 3.09. The Balaban J connectivity index is 1.50. The lowest BCUT2D eigenvalue weighted by Gasteiger charge is -2.14. The van der Waals surface area contributed by atoms with Crippen LogP contribution in [0.15, 0.2) is 71.6 Å². The third kappa shape index (κ3) is 5.94. The molecule has 0 radical (unpaired) electrons. The number of amides is 1. The third-order valence-corrected chi connectivity index (χ3v) is 7.12. The Hall–Kier alpha value is -2.51. The summed E-state index contributed by atoms with van der Waals surface area (Å²) in [6, 6.07) is 20.8. The van der Waals surface area contributed by atoms with E-state index in [1.807, 2.05) is 67.6 Å². The van der Waals surface area contributed by atoms with E-state index in [0.717, 1.165) is 16.7 Å². The molecule has 1 heterocycles. The van der Waals surface area contributed by atoms with Crippen LogP contribution in [0, 0.1) is 0 Å². The lowest BCUT2D eigenvalue weighted by molar-refractivity contribution is -0.122. The van der Waals surface area contributed by atoms with Crippen LogP contribution >= 0.6 is 47.2 Å². The lowest BCUT2D eigenvalue weighted by Crippen LogP contribution is -2.27. The summed E-state index contributed by atoms with van der Waals surface area (Å²) < 4.78 is 12.3. The first-order valence-electron chi connectivity index (χ1n) is 10.6. The smallest absolute Gasteiger partial charge is 0.266 e. The molecular formula is C26H21Cl2NO3S2. The van der Waals surface area contributed by atoms with Crippen LogP contribution in [0.3, 0.4) is 0 Å². The minimum Gasteiger partial charge on any atom is -0.490 e. The van der Waals surface area contributed by atoms with Crippen LogP contribution in [-0.4, -0.2) is 21.7 Å². The summed E-state index contributed by atoms with van der Waals surface area (Å²) in [5, 5.41) is 0.978. The van der Waals surface area contributed by atoms with Crippen LogP contribution < -0.4 is 9.47 Å². The fourth-order valence-corrected chi connectivity index (χ4v) is 4.92. The molecule has 0 spiro atoms. The Morgan fingerprint density at radius 2 is 1.74 bits per heavy atom. The largest absolute Gasteiger partial charge is 0.490 e. The van der Waals surface area contributed by atoms with Gasteiger partial charge in [-0.15, -0.1) is 0 Å². The van der Waals surface area contributed by atoms with Crippen LogP contribution in [0.1, 0.15) is 23.6 Å². The summed E-state index contributed by atoms with van der Waals surface area (Å²) in [7, 11) is 0. The number of nitrogens with zero attached hydrogens (tertiary/aromatic N) is 1. The van der Waals surface area contributed by atoms with Gasteiger partial charge in [-0.1, -0.05) is 89.6 Å². The van der Waals surface area contributed by atoms with Crippen molar-refractivity contribution >= 4 is 63.5 Å². The molecule has 34 heavy (non-hydrogen) atoms. The number of rotatable bonds is 8. The second kappa shape index (κ2) is 11.3. The summed E-state index contributed by atoms with van der Waals surface area (Å²) in [5.41, 5.74) is 2.75. The summed E-state index contributed by atoms with van der Waals surface area (Å²) in [5.74, 6) is 1.09. The molecule has 3 aromatic carbocycles. The molecule has 1 saturated heterocycles. The molecule has 1 aliphatic rings. The average molecular weight is 530 g/mol. The highest BCUT2D eigenvalue weighted by atomic mass is 35.5. The van der Waals surface area contributed by atoms with Crippen molar-refractivity contribution in [3.05, 3.63) is 98.4 Å². The second-order valence-electron chi connectivity index (χ2n) is 7.43. The van der Waals surface area contributed by atoms with Gasteiger partial charge in [-0.05, 0) is 54.0 Å². The highest BCUT2D eigenvalue weighted by Gasteiger charge is 2.32. The maximum Gasteiger partial charge on any atom is 0.266 e. The van der Waals surface area contributed by atoms with Gasteiger partial charge in [0.2, 0.25) is 0 Å². The van der Waals surface area contributed by atoms with Gasteiger partial charge in [0.25, 0.3) is 5.91 Å². The third-order valence-electron chi connectivity index (χ3n) is 5.00. The van der Waals surface area contributed by atoms with E-state index in [1.54, 1.807) is 17.0 Å². The SMILES string of the molecule is CCOc1cc(C=C2SC(=S)N(Cc3ccccc3)C2=O)ccc1OCc1ccc(Cl)c(Cl)c1. The summed E-state index contributed by atoms with van der Waals surface area (Å²) >= 11 is 18.8. The molecule has 0 atom stereocenters. The molecule has 1 amide bonds. The van der Waals surface area contributed by atoms with Gasteiger partial charge in [0.1, 0.15) is 10.9 Å². The van der Waals surface area contributed by atoms with Gasteiger partial charge in [-0.3, -0.25) is 9.69 Å². The van der Waals surface area contributed by atoms with Crippen molar-refractivity contribution in [1.82, 2.24) is 4.90 Å². The van der Waals surface area contributed by atoms with Crippen LogP contribution in [-0.2, 0) is 17.9 Å². The van der Waals surface area contributed by atoms with Crippen molar-refractivity contribution in [1.29, 1.82) is 0 Å². The number of halogens is 2. The van der Waals surface area contributed by atoms with Gasteiger partial charge >= 0.3 is 0 Å². The van der Waals surface area contributed by atoms with E-state index < -0.39 is 0 Å². The Labute approximate surface area is 218 Å². The Kier molecular flexibility index (Phi) is 8.16. The molecule has 0 aromatic heterocycles. The fourth-order valence-electron chi connectivity index (χ4n) is 3.35. The van der Waals surface area contributed by atoms with Crippen molar-refractivity contribution in [2.75, 3.05) is 6.61 Å². The lowest BCUT2D eigenvalue weighted by atomic mass is 10.1. The Morgan fingerprint density at radius 1 is 0.941 bits per heavy atom. The van der Waals surface area contributed by atoms with E-state index in [9.17, 15) is 4.79 Å². The minimum atomic E-state index is -0.100. The molecule has 1 aliphatic heterocycles. The summed E-state index contributed by atoms with van der Waals surface area (Å²) in [6.07, 6.45) is 1.83. The molecule has 1 fully saturated rings. The van der Waals surface area contributed by atoms with Crippen LogP contribution in [0.25, 0.3) is 6.08 Å². The first kappa shape index (κ1) is 24.6. The molecule has 3 aromatic rings. The van der Waals surface area contributed by atoms with E-state index >= 15 is 0 Å². The standard InChI is InChI=1S/C26H21Cl2NO3S2/c1-2-31-23-13-18(9-11-22(23)32-16-19-8-10-20(27)21(28)12-19)14-24-25(30)29(26(33)34-24)15-17-6-4-3-5-7-17/h3-14H,2,15-16H2,1H3. The maximum atomic E-state index is 13.0. The predicted molar refractivity (Wildman–Crippen MR) is 144 cm³/mol. The first-order valence-corrected chi connectivity index (χ1v) is 12.6. The van der Waals surface area contributed by atoms with Crippen molar-refractivity contribution < 1.29 is 14.3 Å². The van der Waals surface area contributed by atoms with E-state index in [0.29, 0.717) is 50.5 Å². The van der Waals surface area contributed by atoms with Gasteiger partial charge in [-0.25, -0.2) is 0 Å². The molecule has 0 bridgehead atoms. The molecule has 0 unspecified atom stereocenters. The van der Waals surface area contributed by atoms with Gasteiger partial charge in [0, 0.05) is 0 Å². The van der Waals surface area contributed by atoms with Crippen LogP contribution in [0.2, 0.25) is 10.0 Å². The number of thioether (sulfide) groups is 1. The highest BCUT2D eigenvalue weighted by Crippen LogP contribution is 2.36. The maximum absolute atomic E-state index is 13.0. The number of carbonyl (C=O) groups is 1.